The molecule has 3 heterocycles. The monoisotopic (exact) mass is 543 g/mol. The molecule has 14 atom stereocenters. The maximum absolute atomic E-state index is 13.5. The van der Waals surface area contributed by atoms with Gasteiger partial charge < -0.3 is 39.2 Å². The molecule has 3 aliphatic heterocycles. The number of hydrogen-bond acceptors (Lipinski definition) is 10. The fraction of sp³-hybridized carbons (Fsp3) is 0.929. The number of ketones is 1. The average molecular weight is 544 g/mol. The molecule has 38 heavy (non-hydrogen) atoms. The lowest BCUT2D eigenvalue weighted by atomic mass is 9.76. The zero-order valence-electron chi connectivity index (χ0n) is 24.4. The predicted octanol–water partition coefficient (Wildman–Crippen LogP) is 1.37. The number of Topliss-reactive ketones (excluding diaryl/α,β-unsaturated/α-hetero) is 1. The molecular weight excluding hydrogens is 494 g/mol. The Bertz CT molecular complexity index is 833. The number of aliphatic hydroxyl groups excluding tert-OH is 3. The summed E-state index contributed by atoms with van der Waals surface area (Å²) in [6, 6.07) is -0.183. The average Bonchev–Trinajstić information content (AvgIpc) is 3.65. The van der Waals surface area contributed by atoms with Crippen LogP contribution in [0.15, 0.2) is 0 Å². The van der Waals surface area contributed by atoms with Crippen LogP contribution >= 0.6 is 0 Å². The smallest absolute Gasteiger partial charge is 0.311 e. The molecule has 10 nitrogen and oxygen atoms in total. The van der Waals surface area contributed by atoms with E-state index < -0.39 is 72.1 Å². The first-order chi connectivity index (χ1) is 17.6. The lowest BCUT2D eigenvalue weighted by molar-refractivity contribution is -0.283. The summed E-state index contributed by atoms with van der Waals surface area (Å²) < 4.78 is 23.8. The summed E-state index contributed by atoms with van der Waals surface area (Å²) in [6.45, 7) is 12.6. The number of likely N-dealkylation sites (N-methyl/N-ethyl adjacent to an activating group) is 1. The van der Waals surface area contributed by atoms with Gasteiger partial charge in [-0.1, -0.05) is 27.7 Å². The fourth-order valence-corrected chi connectivity index (χ4v) is 6.16. The van der Waals surface area contributed by atoms with Crippen molar-refractivity contribution in [1.82, 2.24) is 4.90 Å². The molecule has 0 saturated carbocycles. The van der Waals surface area contributed by atoms with Gasteiger partial charge in [-0.2, -0.15) is 0 Å². The van der Waals surface area contributed by atoms with Gasteiger partial charge in [0.25, 0.3) is 0 Å². The number of aliphatic hydroxyl groups is 3. The number of cyclic esters (lactones) is 1. The van der Waals surface area contributed by atoms with Crippen LogP contribution in [0, 0.1) is 29.6 Å². The second-order valence-electron chi connectivity index (χ2n) is 12.4. The maximum Gasteiger partial charge on any atom is 0.311 e. The van der Waals surface area contributed by atoms with Crippen LogP contribution in [0.25, 0.3) is 0 Å². The molecule has 3 rings (SSSR count). The van der Waals surface area contributed by atoms with Crippen molar-refractivity contribution in [2.24, 2.45) is 29.6 Å². The van der Waals surface area contributed by atoms with E-state index in [0.717, 1.165) is 0 Å². The predicted molar refractivity (Wildman–Crippen MR) is 139 cm³/mol. The third kappa shape index (κ3) is 6.43. The molecular formula is C28H49NO9. The van der Waals surface area contributed by atoms with Gasteiger partial charge in [-0.05, 0) is 53.6 Å². The number of ether oxygens (including phenoxy) is 4. The molecule has 0 amide bonds. The normalized spacial score (nSPS) is 49.6. The Hall–Kier alpha value is -1.14. The zero-order chi connectivity index (χ0) is 28.7. The first-order valence-electron chi connectivity index (χ1n) is 14.0. The van der Waals surface area contributed by atoms with Crippen LogP contribution in [0.3, 0.4) is 0 Å². The highest BCUT2D eigenvalue weighted by atomic mass is 16.7. The minimum absolute atomic E-state index is 0.163. The van der Waals surface area contributed by atoms with Crippen molar-refractivity contribution in [3.05, 3.63) is 0 Å². The van der Waals surface area contributed by atoms with Crippen molar-refractivity contribution in [3.63, 3.8) is 0 Å². The summed E-state index contributed by atoms with van der Waals surface area (Å²) in [5.74, 6) is -3.76. The standard InChI is InChI=1S/C28H49NO9/c1-13-11-28(12-35-28)25(33)17(5)21(30)15(3)19(7)37-26(34)18(6)22(31)16(4)24(13)38-27-23(32)20(29(8)9)10-14(2)36-27/h13-24,27,30-32H,10-12H2,1-9H3/t13-,14-,15+,16+,17-,18-,19+,20+,21+,22+,23-,24+,27+,28+/m1/s1. The van der Waals surface area contributed by atoms with Crippen LogP contribution in [0.5, 0.6) is 0 Å². The summed E-state index contributed by atoms with van der Waals surface area (Å²) in [7, 11) is 3.79. The number of esters is 1. The van der Waals surface area contributed by atoms with Gasteiger partial charge in [0.05, 0.1) is 36.9 Å². The molecule has 0 unspecified atom stereocenters. The molecule has 0 aliphatic carbocycles. The number of epoxide rings is 1. The Morgan fingerprint density at radius 1 is 0.895 bits per heavy atom. The minimum Gasteiger partial charge on any atom is -0.462 e. The lowest BCUT2D eigenvalue weighted by Gasteiger charge is -2.44. The summed E-state index contributed by atoms with van der Waals surface area (Å²) in [5, 5.41) is 33.4. The van der Waals surface area contributed by atoms with Gasteiger partial charge >= 0.3 is 5.97 Å². The summed E-state index contributed by atoms with van der Waals surface area (Å²) >= 11 is 0. The molecule has 0 aromatic rings. The molecule has 0 bridgehead atoms. The van der Waals surface area contributed by atoms with E-state index in [2.05, 4.69) is 0 Å². The van der Waals surface area contributed by atoms with Crippen LogP contribution < -0.4 is 0 Å². The maximum atomic E-state index is 13.5. The van der Waals surface area contributed by atoms with Gasteiger partial charge in [-0.25, -0.2) is 0 Å². The van der Waals surface area contributed by atoms with Crippen LogP contribution in [0.4, 0.5) is 0 Å². The molecule has 3 N–H and O–H groups in total. The SMILES string of the molecule is C[C@@H]1[C@H](O)[C@@H](C)C(=O)[C@@]2(CO2)C[C@@H](C)[C@H](O[C@@H]2O[C@H](C)C[C@H](N(C)C)[C@H]2O)[C@@H](C)[C@H](O)[C@@H](C)C(=O)O[C@H]1C. The Balaban J connectivity index is 1.95. The topological polar surface area (TPSA) is 138 Å². The Labute approximate surface area is 226 Å². The second-order valence-corrected chi connectivity index (χ2v) is 12.4. The Morgan fingerprint density at radius 2 is 1.47 bits per heavy atom. The summed E-state index contributed by atoms with van der Waals surface area (Å²) in [6.07, 6.45) is -4.62. The van der Waals surface area contributed by atoms with Crippen LogP contribution in [0.1, 0.15) is 61.3 Å². The Kier molecular flexibility index (Phi) is 10.0. The molecule has 0 aromatic carbocycles. The van der Waals surface area contributed by atoms with E-state index in [4.69, 9.17) is 18.9 Å². The number of carbonyl (C=O) groups excluding carboxylic acids is 2. The number of carbonyl (C=O) groups is 2. The molecule has 0 radical (unpaired) electrons. The first-order valence-corrected chi connectivity index (χ1v) is 14.0. The van der Waals surface area contributed by atoms with E-state index in [1.54, 1.807) is 34.6 Å². The molecule has 220 valence electrons. The molecule has 0 aromatic heterocycles. The summed E-state index contributed by atoms with van der Waals surface area (Å²) in [5.41, 5.74) is -1.05. The van der Waals surface area contributed by atoms with Crippen molar-refractivity contribution in [2.45, 2.75) is 116 Å². The number of nitrogens with zero attached hydrogens (tertiary/aromatic N) is 1. The van der Waals surface area contributed by atoms with Gasteiger partial charge in [-0.3, -0.25) is 9.59 Å². The molecule has 3 fully saturated rings. The van der Waals surface area contributed by atoms with Crippen LogP contribution in [-0.4, -0.2) is 107 Å². The van der Waals surface area contributed by atoms with Crippen LogP contribution in [-0.2, 0) is 28.5 Å². The highest BCUT2D eigenvalue weighted by Gasteiger charge is 2.56. The third-order valence-corrected chi connectivity index (χ3v) is 9.17. The molecule has 1 spiro atoms. The Morgan fingerprint density at radius 3 is 2.03 bits per heavy atom. The van der Waals surface area contributed by atoms with Crippen molar-refractivity contribution in [2.75, 3.05) is 20.7 Å². The quantitative estimate of drug-likeness (QED) is 0.353. The molecule has 3 aliphatic rings. The van der Waals surface area contributed by atoms with E-state index in [1.807, 2.05) is 32.8 Å². The van der Waals surface area contributed by atoms with Crippen molar-refractivity contribution < 1.29 is 43.9 Å². The minimum atomic E-state index is -1.13. The van der Waals surface area contributed by atoms with E-state index in [0.29, 0.717) is 12.8 Å². The summed E-state index contributed by atoms with van der Waals surface area (Å²) in [4.78, 5) is 28.5. The first kappa shape index (κ1) is 31.4. The van der Waals surface area contributed by atoms with Gasteiger partial charge in [0.1, 0.15) is 12.2 Å². The van der Waals surface area contributed by atoms with E-state index >= 15 is 0 Å². The number of hydrogen-bond donors (Lipinski definition) is 3. The second kappa shape index (κ2) is 12.2. The largest absolute Gasteiger partial charge is 0.462 e. The number of rotatable bonds is 3. The lowest BCUT2D eigenvalue weighted by Crippen LogP contribution is -2.56. The van der Waals surface area contributed by atoms with Gasteiger partial charge in [0, 0.05) is 23.8 Å². The van der Waals surface area contributed by atoms with Crippen molar-refractivity contribution in [1.29, 1.82) is 0 Å². The van der Waals surface area contributed by atoms with Gasteiger partial charge in [0.15, 0.2) is 17.7 Å². The van der Waals surface area contributed by atoms with Crippen molar-refractivity contribution in [3.8, 4) is 0 Å². The van der Waals surface area contributed by atoms with E-state index in [-0.39, 0.29) is 30.5 Å². The van der Waals surface area contributed by atoms with Gasteiger partial charge in [0.2, 0.25) is 0 Å². The molecule has 3 saturated heterocycles. The highest BCUT2D eigenvalue weighted by molar-refractivity contribution is 5.92. The highest BCUT2D eigenvalue weighted by Crippen LogP contribution is 2.42. The fourth-order valence-electron chi connectivity index (χ4n) is 6.16. The molecule has 10 heteroatoms. The third-order valence-electron chi connectivity index (χ3n) is 9.17. The van der Waals surface area contributed by atoms with E-state index in [9.17, 15) is 24.9 Å². The van der Waals surface area contributed by atoms with Crippen molar-refractivity contribution >= 4 is 11.8 Å². The van der Waals surface area contributed by atoms with Gasteiger partial charge in [-0.15, -0.1) is 0 Å². The zero-order valence-corrected chi connectivity index (χ0v) is 24.4. The van der Waals surface area contributed by atoms with Crippen LogP contribution in [0.2, 0.25) is 0 Å². The van der Waals surface area contributed by atoms with E-state index in [1.165, 1.54) is 0 Å².